The summed E-state index contributed by atoms with van der Waals surface area (Å²) in [5, 5.41) is 9.36. The summed E-state index contributed by atoms with van der Waals surface area (Å²) >= 11 is 6.46. The molecular weight excluding hydrogens is 474 g/mol. The van der Waals surface area contributed by atoms with Gasteiger partial charge in [-0.1, -0.05) is 35.9 Å². The molecule has 0 bridgehead atoms. The van der Waals surface area contributed by atoms with Gasteiger partial charge in [-0.05, 0) is 49.6 Å². The number of aromatic amines is 1. The van der Waals surface area contributed by atoms with Gasteiger partial charge < -0.3 is 20.4 Å². The average Bonchev–Trinajstić information content (AvgIpc) is 3.22. The second-order valence-electron chi connectivity index (χ2n) is 10.5. The van der Waals surface area contributed by atoms with Gasteiger partial charge in [-0.2, -0.15) is 0 Å². The fourth-order valence-corrected chi connectivity index (χ4v) is 5.77. The summed E-state index contributed by atoms with van der Waals surface area (Å²) in [7, 11) is 0. The highest BCUT2D eigenvalue weighted by Crippen LogP contribution is 2.33. The van der Waals surface area contributed by atoms with Gasteiger partial charge in [0.1, 0.15) is 6.04 Å². The van der Waals surface area contributed by atoms with Crippen LogP contribution < -0.4 is 10.6 Å². The first-order chi connectivity index (χ1) is 17.4. The fourth-order valence-electron chi connectivity index (χ4n) is 5.55. The van der Waals surface area contributed by atoms with E-state index in [1.807, 2.05) is 12.1 Å². The normalized spacial score (nSPS) is 22.0. The molecule has 1 unspecified atom stereocenters. The summed E-state index contributed by atoms with van der Waals surface area (Å²) in [5.41, 5.74) is 4.81. The van der Waals surface area contributed by atoms with Crippen LogP contribution in [0.1, 0.15) is 25.0 Å². The lowest BCUT2D eigenvalue weighted by Crippen LogP contribution is -2.61. The number of nitrogens with zero attached hydrogens (tertiary/aromatic N) is 2. The monoisotopic (exact) mass is 503 g/mol. The molecule has 2 aromatic carbocycles. The van der Waals surface area contributed by atoms with Crippen LogP contribution in [0.15, 0.2) is 54.9 Å². The Labute approximate surface area is 215 Å². The Bertz CT molecular complexity index is 1450. The van der Waals surface area contributed by atoms with Gasteiger partial charge in [-0.25, -0.2) is 0 Å². The van der Waals surface area contributed by atoms with Crippen LogP contribution in [0, 0.1) is 0 Å². The van der Waals surface area contributed by atoms with Crippen molar-refractivity contribution in [3.63, 3.8) is 0 Å². The van der Waals surface area contributed by atoms with E-state index in [1.165, 1.54) is 11.1 Å². The van der Waals surface area contributed by atoms with Crippen LogP contribution >= 0.6 is 11.6 Å². The number of amides is 1. The third-order valence-electron chi connectivity index (χ3n) is 7.31. The van der Waals surface area contributed by atoms with Gasteiger partial charge in [0.25, 0.3) is 0 Å². The maximum absolute atomic E-state index is 13.7. The van der Waals surface area contributed by atoms with Crippen molar-refractivity contribution in [3.8, 4) is 0 Å². The number of hydrogen-bond acceptors (Lipinski definition) is 5. The Morgan fingerprint density at radius 2 is 2.06 bits per heavy atom. The molecule has 1 saturated heterocycles. The standard InChI is InChI=1S/C28H30ClN5O2/c1-28(2)16-34(14-20-9-17-5-3-4-6-18(17)12-31-20)25(15-36-28)27(35)33-23-11-19(29)10-22-21-7-8-30-13-24(21)32-26(22)23/h3-8,10-11,13,20,25,31-32H,9,12,14-16H2,1-2H3,(H,33,35)/t20?,25-/m0/s1. The molecule has 4 aromatic rings. The van der Waals surface area contributed by atoms with Crippen molar-refractivity contribution in [2.45, 2.75) is 44.5 Å². The van der Waals surface area contributed by atoms with Crippen LogP contribution in [-0.4, -0.2) is 58.2 Å². The predicted octanol–water partition coefficient (Wildman–Crippen LogP) is 4.50. The Balaban J connectivity index is 1.26. The molecule has 186 valence electrons. The van der Waals surface area contributed by atoms with Gasteiger partial charge in [-0.15, -0.1) is 0 Å². The van der Waals surface area contributed by atoms with E-state index >= 15 is 0 Å². The second-order valence-corrected chi connectivity index (χ2v) is 10.9. The van der Waals surface area contributed by atoms with Crippen LogP contribution in [0.2, 0.25) is 5.02 Å². The molecule has 0 spiro atoms. The lowest BCUT2D eigenvalue weighted by molar-refractivity contribution is -0.143. The molecule has 1 fully saturated rings. The Morgan fingerprint density at radius 1 is 1.22 bits per heavy atom. The number of halogens is 1. The minimum absolute atomic E-state index is 0.0953. The van der Waals surface area contributed by atoms with Crippen molar-refractivity contribution in [2.75, 3.05) is 25.0 Å². The molecule has 1 amide bonds. The number of H-pyrrole nitrogens is 1. The van der Waals surface area contributed by atoms with E-state index in [-0.39, 0.29) is 17.6 Å². The molecule has 2 aromatic heterocycles. The van der Waals surface area contributed by atoms with Crippen LogP contribution in [-0.2, 0) is 22.5 Å². The van der Waals surface area contributed by atoms with Gasteiger partial charge >= 0.3 is 0 Å². The number of rotatable bonds is 4. The van der Waals surface area contributed by atoms with Crippen molar-refractivity contribution >= 4 is 45.0 Å². The number of fused-ring (bicyclic) bond motifs is 4. The Kier molecular flexibility index (Phi) is 5.96. The third kappa shape index (κ3) is 4.48. The van der Waals surface area contributed by atoms with E-state index < -0.39 is 6.04 Å². The number of carbonyl (C=O) groups excluding carboxylic acids is 1. The molecule has 2 aliphatic rings. The number of ether oxygens (including phenoxy) is 1. The predicted molar refractivity (Wildman–Crippen MR) is 143 cm³/mol. The number of benzene rings is 2. The number of anilines is 1. The third-order valence-corrected chi connectivity index (χ3v) is 7.53. The first-order valence-electron chi connectivity index (χ1n) is 12.4. The number of hydrogen-bond donors (Lipinski definition) is 3. The maximum atomic E-state index is 13.7. The van der Waals surface area contributed by atoms with Crippen LogP contribution in [0.3, 0.4) is 0 Å². The quantitative estimate of drug-likeness (QED) is 0.382. The van der Waals surface area contributed by atoms with Crippen molar-refractivity contribution in [3.05, 3.63) is 71.0 Å². The highest BCUT2D eigenvalue weighted by molar-refractivity contribution is 6.33. The average molecular weight is 504 g/mol. The van der Waals surface area contributed by atoms with Gasteiger partial charge in [0.05, 0.1) is 35.1 Å². The minimum atomic E-state index is -0.405. The van der Waals surface area contributed by atoms with E-state index in [2.05, 4.69) is 63.6 Å². The summed E-state index contributed by atoms with van der Waals surface area (Å²) in [4.78, 5) is 23.5. The maximum Gasteiger partial charge on any atom is 0.244 e. The van der Waals surface area contributed by atoms with Gasteiger partial charge in [0.2, 0.25) is 5.91 Å². The van der Waals surface area contributed by atoms with Gasteiger partial charge in [-0.3, -0.25) is 14.7 Å². The summed E-state index contributed by atoms with van der Waals surface area (Å²) in [6, 6.07) is 14.1. The fraction of sp³-hybridized carbons (Fsp3) is 0.357. The van der Waals surface area contributed by atoms with Gasteiger partial charge in [0.15, 0.2) is 0 Å². The second kappa shape index (κ2) is 9.16. The van der Waals surface area contributed by atoms with E-state index in [1.54, 1.807) is 18.5 Å². The molecular formula is C28H30ClN5O2. The van der Waals surface area contributed by atoms with Crippen molar-refractivity contribution in [1.82, 2.24) is 20.2 Å². The molecule has 4 heterocycles. The summed E-state index contributed by atoms with van der Waals surface area (Å²) < 4.78 is 6.11. The molecule has 6 rings (SSSR count). The molecule has 3 N–H and O–H groups in total. The first-order valence-corrected chi connectivity index (χ1v) is 12.8. The van der Waals surface area contributed by atoms with E-state index in [0.29, 0.717) is 23.9 Å². The number of pyridine rings is 1. The highest BCUT2D eigenvalue weighted by Gasteiger charge is 2.39. The van der Waals surface area contributed by atoms with E-state index in [4.69, 9.17) is 16.3 Å². The molecule has 0 radical (unpaired) electrons. The number of morpholine rings is 1. The van der Waals surface area contributed by atoms with Crippen LogP contribution in [0.4, 0.5) is 5.69 Å². The zero-order valence-electron chi connectivity index (χ0n) is 20.5. The van der Waals surface area contributed by atoms with Gasteiger partial charge in [0, 0.05) is 47.7 Å². The Morgan fingerprint density at radius 3 is 2.92 bits per heavy atom. The largest absolute Gasteiger partial charge is 0.372 e. The lowest BCUT2D eigenvalue weighted by atomic mass is 9.94. The minimum Gasteiger partial charge on any atom is -0.372 e. The zero-order chi connectivity index (χ0) is 24.9. The molecule has 0 saturated carbocycles. The highest BCUT2D eigenvalue weighted by atomic mass is 35.5. The van der Waals surface area contributed by atoms with E-state index in [0.717, 1.165) is 41.3 Å². The lowest BCUT2D eigenvalue weighted by Gasteiger charge is -2.44. The molecule has 2 atom stereocenters. The van der Waals surface area contributed by atoms with Crippen molar-refractivity contribution in [2.24, 2.45) is 0 Å². The molecule has 7 nitrogen and oxygen atoms in total. The first kappa shape index (κ1) is 23.4. The topological polar surface area (TPSA) is 82.3 Å². The zero-order valence-corrected chi connectivity index (χ0v) is 21.2. The molecule has 0 aliphatic carbocycles. The smallest absolute Gasteiger partial charge is 0.244 e. The van der Waals surface area contributed by atoms with Crippen molar-refractivity contribution < 1.29 is 9.53 Å². The van der Waals surface area contributed by atoms with Crippen molar-refractivity contribution in [1.29, 1.82) is 0 Å². The SMILES string of the molecule is CC1(C)CN(CC2Cc3ccccc3CN2)[C@H](C(=O)Nc2cc(Cl)cc3c2[nH]c2cnccc23)CO1. The number of nitrogens with one attached hydrogen (secondary N) is 3. The van der Waals surface area contributed by atoms with E-state index in [9.17, 15) is 4.79 Å². The summed E-state index contributed by atoms with van der Waals surface area (Å²) in [6.45, 7) is 6.79. The number of carbonyl (C=O) groups is 1. The van der Waals surface area contributed by atoms with Crippen LogP contribution in [0.25, 0.3) is 21.8 Å². The molecule has 2 aliphatic heterocycles. The van der Waals surface area contributed by atoms with Crippen LogP contribution in [0.5, 0.6) is 0 Å². The summed E-state index contributed by atoms with van der Waals surface area (Å²) in [5.74, 6) is -0.0953. The molecule has 36 heavy (non-hydrogen) atoms. The molecule has 8 heteroatoms. The Hall–Kier alpha value is -2.97. The summed E-state index contributed by atoms with van der Waals surface area (Å²) in [6.07, 6.45) is 4.48. The number of aromatic nitrogens is 2.